The summed E-state index contributed by atoms with van der Waals surface area (Å²) in [5.41, 5.74) is 8.34. The lowest BCUT2D eigenvalue weighted by atomic mass is 10.1. The Morgan fingerprint density at radius 1 is 1.26 bits per heavy atom. The van der Waals surface area contributed by atoms with E-state index >= 15 is 0 Å². The van der Waals surface area contributed by atoms with Crippen molar-refractivity contribution in [1.82, 2.24) is 4.98 Å². The second-order valence-electron chi connectivity index (χ2n) is 4.91. The van der Waals surface area contributed by atoms with Gasteiger partial charge in [0.25, 0.3) is 0 Å². The van der Waals surface area contributed by atoms with Crippen molar-refractivity contribution in [1.29, 1.82) is 0 Å². The molecular formula is C16H14Cl2N2O2S. The number of rotatable bonds is 4. The molecule has 3 rings (SSSR count). The molecule has 23 heavy (non-hydrogen) atoms. The second-order valence-corrected chi connectivity index (χ2v) is 6.83. The Bertz CT molecular complexity index is 846. The number of pyridine rings is 1. The molecule has 0 bridgehead atoms. The van der Waals surface area contributed by atoms with Crippen LogP contribution in [0, 0.1) is 0 Å². The summed E-state index contributed by atoms with van der Waals surface area (Å²) < 4.78 is 6.15. The van der Waals surface area contributed by atoms with Crippen LogP contribution in [0.1, 0.15) is 18.1 Å². The zero-order valence-corrected chi connectivity index (χ0v) is 14.5. The molecule has 4 nitrogen and oxygen atoms in total. The van der Waals surface area contributed by atoms with E-state index < -0.39 is 6.29 Å². The van der Waals surface area contributed by atoms with E-state index in [2.05, 4.69) is 4.98 Å². The van der Waals surface area contributed by atoms with Crippen molar-refractivity contribution in [3.05, 3.63) is 45.5 Å². The van der Waals surface area contributed by atoms with Crippen LogP contribution in [0.5, 0.6) is 0 Å². The smallest absolute Gasteiger partial charge is 0.192 e. The molecule has 0 fully saturated rings. The zero-order chi connectivity index (χ0) is 16.6. The van der Waals surface area contributed by atoms with Crippen LogP contribution in [0.15, 0.2) is 30.6 Å². The molecule has 1 unspecified atom stereocenters. The van der Waals surface area contributed by atoms with Crippen molar-refractivity contribution in [2.75, 3.05) is 12.3 Å². The second kappa shape index (κ2) is 6.63. The number of benzene rings is 1. The molecule has 1 atom stereocenters. The quantitative estimate of drug-likeness (QED) is 0.643. The average Bonchev–Trinajstić information content (AvgIpc) is 2.84. The molecule has 2 heterocycles. The fourth-order valence-electron chi connectivity index (χ4n) is 2.38. The van der Waals surface area contributed by atoms with E-state index in [9.17, 15) is 5.11 Å². The summed E-state index contributed by atoms with van der Waals surface area (Å²) >= 11 is 13.6. The van der Waals surface area contributed by atoms with E-state index in [1.54, 1.807) is 18.5 Å². The van der Waals surface area contributed by atoms with E-state index in [1.165, 1.54) is 11.3 Å². The Morgan fingerprint density at radius 3 is 2.61 bits per heavy atom. The van der Waals surface area contributed by atoms with Crippen LogP contribution in [-0.4, -0.2) is 16.7 Å². The van der Waals surface area contributed by atoms with Gasteiger partial charge >= 0.3 is 0 Å². The summed E-state index contributed by atoms with van der Waals surface area (Å²) in [6, 6.07) is 5.31. The minimum Gasteiger partial charge on any atom is -0.397 e. The first-order chi connectivity index (χ1) is 11.0. The van der Waals surface area contributed by atoms with Crippen molar-refractivity contribution in [2.45, 2.75) is 13.2 Å². The van der Waals surface area contributed by atoms with Crippen LogP contribution in [-0.2, 0) is 4.74 Å². The van der Waals surface area contributed by atoms with E-state index in [0.29, 0.717) is 27.2 Å². The van der Waals surface area contributed by atoms with Crippen LogP contribution < -0.4 is 5.73 Å². The number of hydrogen-bond donors (Lipinski definition) is 2. The predicted molar refractivity (Wildman–Crippen MR) is 96.1 cm³/mol. The average molecular weight is 369 g/mol. The maximum absolute atomic E-state index is 10.1. The first-order valence-corrected chi connectivity index (χ1v) is 8.50. The highest BCUT2D eigenvalue weighted by Gasteiger charge is 2.19. The Balaban J connectivity index is 2.21. The largest absolute Gasteiger partial charge is 0.397 e. The molecule has 0 aliphatic carbocycles. The molecule has 1 aromatic carbocycles. The number of thiophene rings is 1. The maximum Gasteiger partial charge on any atom is 0.192 e. The zero-order valence-electron chi connectivity index (χ0n) is 12.2. The molecule has 0 aliphatic rings. The van der Waals surface area contributed by atoms with Crippen LogP contribution >= 0.6 is 34.5 Å². The lowest BCUT2D eigenvalue weighted by Gasteiger charge is -2.08. The lowest BCUT2D eigenvalue weighted by molar-refractivity contribution is -0.0950. The van der Waals surface area contributed by atoms with E-state index in [0.717, 1.165) is 21.2 Å². The molecule has 0 saturated heterocycles. The molecule has 120 valence electrons. The number of halogens is 2. The number of ether oxygens (including phenoxy) is 1. The van der Waals surface area contributed by atoms with Gasteiger partial charge in [0.05, 0.1) is 10.6 Å². The number of nitrogens with zero attached hydrogens (tertiary/aromatic N) is 1. The Labute approximate surface area is 147 Å². The van der Waals surface area contributed by atoms with Crippen molar-refractivity contribution in [3.63, 3.8) is 0 Å². The van der Waals surface area contributed by atoms with Crippen LogP contribution in [0.4, 0.5) is 5.69 Å². The number of aromatic nitrogens is 1. The van der Waals surface area contributed by atoms with Gasteiger partial charge in [-0.2, -0.15) is 0 Å². The van der Waals surface area contributed by atoms with Gasteiger partial charge in [0.2, 0.25) is 0 Å². The third-order valence-electron chi connectivity index (χ3n) is 3.39. The van der Waals surface area contributed by atoms with Gasteiger partial charge in [-0.3, -0.25) is 4.98 Å². The van der Waals surface area contributed by atoms with Crippen LogP contribution in [0.25, 0.3) is 21.2 Å². The SMILES string of the molecule is CCOC(O)c1sc2c(-c3cc(Cl)cc(Cl)c3)cncc2c1N. The van der Waals surface area contributed by atoms with Crippen LogP contribution in [0.2, 0.25) is 10.0 Å². The predicted octanol–water partition coefficient (Wildman–Crippen LogP) is 4.88. The number of fused-ring (bicyclic) bond motifs is 1. The topological polar surface area (TPSA) is 68.4 Å². The molecule has 0 radical (unpaired) electrons. The fraction of sp³-hybridized carbons (Fsp3) is 0.188. The molecule has 7 heteroatoms. The summed E-state index contributed by atoms with van der Waals surface area (Å²) in [6.45, 7) is 2.21. The molecular weight excluding hydrogens is 355 g/mol. The van der Waals surface area contributed by atoms with Gasteiger partial charge in [-0.1, -0.05) is 23.2 Å². The number of anilines is 1. The van der Waals surface area contributed by atoms with E-state index in [-0.39, 0.29) is 0 Å². The maximum atomic E-state index is 10.1. The van der Waals surface area contributed by atoms with Crippen molar-refractivity contribution in [2.24, 2.45) is 0 Å². The summed E-state index contributed by atoms with van der Waals surface area (Å²) in [5.74, 6) is 0. The minimum atomic E-state index is -1.05. The third-order valence-corrected chi connectivity index (χ3v) is 5.11. The third kappa shape index (κ3) is 3.16. The molecule has 2 aromatic heterocycles. The highest BCUT2D eigenvalue weighted by molar-refractivity contribution is 7.20. The molecule has 0 aliphatic heterocycles. The normalized spacial score (nSPS) is 12.7. The monoisotopic (exact) mass is 368 g/mol. The number of aliphatic hydroxyl groups excluding tert-OH is 1. The molecule has 0 saturated carbocycles. The van der Waals surface area contributed by atoms with E-state index in [1.807, 2.05) is 19.1 Å². The Hall–Kier alpha value is -1.37. The number of nitrogen functional groups attached to an aromatic ring is 1. The van der Waals surface area contributed by atoms with Crippen molar-refractivity contribution >= 4 is 50.3 Å². The highest BCUT2D eigenvalue weighted by atomic mass is 35.5. The molecule has 0 spiro atoms. The summed E-state index contributed by atoms with van der Waals surface area (Å²) in [4.78, 5) is 4.82. The van der Waals surface area contributed by atoms with Crippen molar-refractivity contribution in [3.8, 4) is 11.1 Å². The summed E-state index contributed by atoms with van der Waals surface area (Å²) in [5, 5.41) is 12.0. The van der Waals surface area contributed by atoms with Gasteiger partial charge in [-0.25, -0.2) is 0 Å². The fourth-order valence-corrected chi connectivity index (χ4v) is 4.07. The number of nitrogens with two attached hydrogens (primary N) is 1. The molecule has 0 amide bonds. The van der Waals surface area contributed by atoms with Gasteiger partial charge in [0.15, 0.2) is 6.29 Å². The molecule has 3 aromatic rings. The Kier molecular flexibility index (Phi) is 4.75. The Morgan fingerprint density at radius 2 is 1.96 bits per heavy atom. The minimum absolute atomic E-state index is 0.393. The summed E-state index contributed by atoms with van der Waals surface area (Å²) in [6.07, 6.45) is 2.36. The lowest BCUT2D eigenvalue weighted by Crippen LogP contribution is -2.03. The highest BCUT2D eigenvalue weighted by Crippen LogP contribution is 2.42. The van der Waals surface area contributed by atoms with Gasteiger partial charge in [-0.05, 0) is 30.7 Å². The van der Waals surface area contributed by atoms with Crippen molar-refractivity contribution < 1.29 is 9.84 Å². The van der Waals surface area contributed by atoms with Gasteiger partial charge in [0, 0.05) is 44.7 Å². The van der Waals surface area contributed by atoms with E-state index in [4.69, 9.17) is 33.7 Å². The first kappa shape index (κ1) is 16.5. The first-order valence-electron chi connectivity index (χ1n) is 6.93. The van der Waals surface area contributed by atoms with Gasteiger partial charge in [0.1, 0.15) is 0 Å². The van der Waals surface area contributed by atoms with Crippen LogP contribution in [0.3, 0.4) is 0 Å². The number of aliphatic hydroxyl groups is 1. The van der Waals surface area contributed by atoms with Gasteiger partial charge in [-0.15, -0.1) is 11.3 Å². The van der Waals surface area contributed by atoms with Gasteiger partial charge < -0.3 is 15.6 Å². The summed E-state index contributed by atoms with van der Waals surface area (Å²) in [7, 11) is 0. The standard InChI is InChI=1S/C16H14Cl2N2O2S/c1-2-22-16(21)15-13(19)12-7-20-6-11(14(12)23-15)8-3-9(17)5-10(18)4-8/h3-7,16,21H,2,19H2,1H3. The number of hydrogen-bond acceptors (Lipinski definition) is 5. The molecule has 3 N–H and O–H groups in total.